The predicted octanol–water partition coefficient (Wildman–Crippen LogP) is 16.8. The van der Waals surface area contributed by atoms with Gasteiger partial charge in [0.05, 0.1) is 27.8 Å². The van der Waals surface area contributed by atoms with Crippen molar-refractivity contribution in [3.05, 3.63) is 231 Å². The van der Waals surface area contributed by atoms with E-state index in [4.69, 9.17) is 0 Å². The molecule has 0 radical (unpaired) electrons. The van der Waals surface area contributed by atoms with Crippen molar-refractivity contribution in [3.63, 3.8) is 0 Å². The summed E-state index contributed by atoms with van der Waals surface area (Å²) in [7, 11) is 0. The van der Waals surface area contributed by atoms with Gasteiger partial charge in [-0.25, -0.2) is 0 Å². The molecular weight excluding hydrogens is 773 g/mol. The lowest BCUT2D eigenvalue weighted by Crippen LogP contribution is -1.97. The highest BCUT2D eigenvalue weighted by Gasteiger charge is 2.23. The van der Waals surface area contributed by atoms with Gasteiger partial charge in [-0.1, -0.05) is 182 Å². The smallest absolute Gasteiger partial charge is 0.0619 e. The normalized spacial score (nSPS) is 12.1. The first-order valence-corrected chi connectivity index (χ1v) is 22.2. The Morgan fingerprint density at radius 1 is 0.250 bits per heavy atom. The number of rotatable bonds is 5. The standard InChI is InChI=1S/C62H38N2/c1-2-14-39(15-3-1)46-19-8-10-26-57(46)64-60-35-30-42(38-56(60)54-31-28-40-16-4-5-20-47(40)62(54)64)41-29-34-59-55(37-41)50-23-9-11-27-58(50)63(59)44-18-12-17-43(36-44)45-32-33-53-49-22-7-6-21-48(49)52-25-13-24-51(45)61(52)53/h1-38H. The van der Waals surface area contributed by atoms with Crippen molar-refractivity contribution in [2.75, 3.05) is 0 Å². The Morgan fingerprint density at radius 3 is 1.66 bits per heavy atom. The molecule has 0 aliphatic heterocycles. The largest absolute Gasteiger partial charge is 0.309 e. The molecule has 2 aromatic heterocycles. The average Bonchev–Trinajstić information content (AvgIpc) is 4.00. The number of hydrogen-bond acceptors (Lipinski definition) is 0. The van der Waals surface area contributed by atoms with E-state index in [-0.39, 0.29) is 0 Å². The summed E-state index contributed by atoms with van der Waals surface area (Å²) in [5.74, 6) is 0. The molecule has 0 bridgehead atoms. The van der Waals surface area contributed by atoms with Gasteiger partial charge in [0.1, 0.15) is 0 Å². The molecule has 2 heteroatoms. The lowest BCUT2D eigenvalue weighted by molar-refractivity contribution is 1.18. The van der Waals surface area contributed by atoms with E-state index in [1.54, 1.807) is 0 Å². The van der Waals surface area contributed by atoms with Crippen LogP contribution in [0, 0.1) is 0 Å². The highest BCUT2D eigenvalue weighted by Crippen LogP contribution is 2.49. The Morgan fingerprint density at radius 2 is 0.828 bits per heavy atom. The van der Waals surface area contributed by atoms with Crippen molar-refractivity contribution < 1.29 is 0 Å². The Hall–Kier alpha value is -8.46. The van der Waals surface area contributed by atoms with Gasteiger partial charge in [0.2, 0.25) is 0 Å². The van der Waals surface area contributed by atoms with Crippen molar-refractivity contribution in [3.8, 4) is 67.0 Å². The fraction of sp³-hybridized carbons (Fsp3) is 0. The summed E-state index contributed by atoms with van der Waals surface area (Å²) in [5, 5.41) is 10.1. The topological polar surface area (TPSA) is 9.86 Å². The molecule has 0 saturated carbocycles. The molecule has 296 valence electrons. The maximum atomic E-state index is 2.49. The number of fused-ring (bicyclic) bond motifs is 11. The summed E-state index contributed by atoms with van der Waals surface area (Å²) in [6.45, 7) is 0. The summed E-state index contributed by atoms with van der Waals surface area (Å²) < 4.78 is 4.94. The Balaban J connectivity index is 0.929. The number of aromatic nitrogens is 2. The SMILES string of the molecule is c1ccc(-c2ccccc2-n2c3ccc(-c4ccc5c(c4)c4ccccc4n5-c4cccc(-c5ccc6c7c(cccc57)-c5ccccc5-6)c4)cc3c3ccc4ccccc4c32)cc1. The number of para-hydroxylation sites is 2. The molecule has 0 amide bonds. The lowest BCUT2D eigenvalue weighted by atomic mass is 9.94. The second kappa shape index (κ2) is 13.5. The van der Waals surface area contributed by atoms with E-state index < -0.39 is 0 Å². The zero-order valence-electron chi connectivity index (χ0n) is 34.8. The first kappa shape index (κ1) is 35.2. The van der Waals surface area contributed by atoms with E-state index in [0.29, 0.717) is 0 Å². The van der Waals surface area contributed by atoms with Gasteiger partial charge in [0.25, 0.3) is 0 Å². The molecular formula is C62H38N2. The van der Waals surface area contributed by atoms with Crippen LogP contribution in [-0.4, -0.2) is 9.13 Å². The maximum absolute atomic E-state index is 2.49. The summed E-state index contributed by atoms with van der Waals surface area (Å²) >= 11 is 0. The van der Waals surface area contributed by atoms with Gasteiger partial charge in [0, 0.05) is 38.2 Å². The molecule has 11 aromatic carbocycles. The second-order valence-corrected chi connectivity index (χ2v) is 17.2. The predicted molar refractivity (Wildman–Crippen MR) is 271 cm³/mol. The van der Waals surface area contributed by atoms with Crippen molar-refractivity contribution in [2.24, 2.45) is 0 Å². The van der Waals surface area contributed by atoms with Crippen LogP contribution in [0.4, 0.5) is 0 Å². The third-order valence-corrected chi connectivity index (χ3v) is 13.9. The Bertz CT molecular complexity index is 4040. The minimum absolute atomic E-state index is 1.15. The first-order valence-electron chi connectivity index (χ1n) is 22.2. The minimum atomic E-state index is 1.15. The molecule has 0 atom stereocenters. The second-order valence-electron chi connectivity index (χ2n) is 17.2. The summed E-state index contributed by atoms with van der Waals surface area (Å²) in [4.78, 5) is 0. The number of hydrogen-bond donors (Lipinski definition) is 0. The average molecular weight is 811 g/mol. The van der Waals surface area contributed by atoms with Crippen LogP contribution in [0.5, 0.6) is 0 Å². The molecule has 0 unspecified atom stereocenters. The van der Waals surface area contributed by atoms with Crippen molar-refractivity contribution in [1.82, 2.24) is 9.13 Å². The van der Waals surface area contributed by atoms with Crippen LogP contribution in [-0.2, 0) is 0 Å². The van der Waals surface area contributed by atoms with Crippen LogP contribution in [0.25, 0.3) is 132 Å². The molecule has 0 N–H and O–H groups in total. The third kappa shape index (κ3) is 5.02. The van der Waals surface area contributed by atoms with Gasteiger partial charge in [0.15, 0.2) is 0 Å². The highest BCUT2D eigenvalue weighted by molar-refractivity contribution is 6.21. The quantitative estimate of drug-likeness (QED) is 0.164. The molecule has 1 aliphatic carbocycles. The molecule has 0 spiro atoms. The number of nitrogens with zero attached hydrogens (tertiary/aromatic N) is 2. The van der Waals surface area contributed by atoms with Crippen LogP contribution in [0.15, 0.2) is 231 Å². The molecule has 1 aliphatic rings. The van der Waals surface area contributed by atoms with Gasteiger partial charge in [-0.05, 0) is 115 Å². The minimum Gasteiger partial charge on any atom is -0.309 e. The molecule has 0 saturated heterocycles. The summed E-state index contributed by atoms with van der Waals surface area (Å²) in [6.07, 6.45) is 0. The molecule has 64 heavy (non-hydrogen) atoms. The molecule has 13 aromatic rings. The van der Waals surface area contributed by atoms with Gasteiger partial charge < -0.3 is 9.13 Å². The molecule has 0 fully saturated rings. The maximum Gasteiger partial charge on any atom is 0.0619 e. The van der Waals surface area contributed by atoms with E-state index in [9.17, 15) is 0 Å². The zero-order valence-corrected chi connectivity index (χ0v) is 34.8. The first-order chi connectivity index (χ1) is 31.8. The fourth-order valence-electron chi connectivity index (χ4n) is 11.0. The Labute approximate surface area is 370 Å². The van der Waals surface area contributed by atoms with Gasteiger partial charge in [-0.2, -0.15) is 0 Å². The molecule has 14 rings (SSSR count). The molecule has 2 nitrogen and oxygen atoms in total. The lowest BCUT2D eigenvalue weighted by Gasteiger charge is -2.15. The van der Waals surface area contributed by atoms with Crippen molar-refractivity contribution in [1.29, 1.82) is 0 Å². The van der Waals surface area contributed by atoms with Crippen LogP contribution in [0.3, 0.4) is 0 Å². The highest BCUT2D eigenvalue weighted by atomic mass is 15.0. The van der Waals surface area contributed by atoms with Crippen LogP contribution < -0.4 is 0 Å². The van der Waals surface area contributed by atoms with E-state index in [1.165, 1.54) is 126 Å². The number of benzene rings is 11. The van der Waals surface area contributed by atoms with Crippen LogP contribution >= 0.6 is 0 Å². The van der Waals surface area contributed by atoms with Gasteiger partial charge >= 0.3 is 0 Å². The van der Waals surface area contributed by atoms with E-state index in [1.807, 2.05) is 0 Å². The third-order valence-electron chi connectivity index (χ3n) is 13.9. The van der Waals surface area contributed by atoms with Crippen molar-refractivity contribution in [2.45, 2.75) is 0 Å². The van der Waals surface area contributed by atoms with E-state index >= 15 is 0 Å². The van der Waals surface area contributed by atoms with E-state index in [0.717, 1.165) is 5.69 Å². The van der Waals surface area contributed by atoms with Gasteiger partial charge in [-0.3, -0.25) is 0 Å². The summed E-state index contributed by atoms with van der Waals surface area (Å²) in [6, 6.07) is 85.2. The Kier molecular flexibility index (Phi) is 7.43. The van der Waals surface area contributed by atoms with Crippen LogP contribution in [0.2, 0.25) is 0 Å². The molecule has 2 heterocycles. The van der Waals surface area contributed by atoms with E-state index in [2.05, 4.69) is 240 Å². The fourth-order valence-corrected chi connectivity index (χ4v) is 11.0. The zero-order chi connectivity index (χ0) is 41.9. The van der Waals surface area contributed by atoms with Crippen molar-refractivity contribution >= 4 is 65.2 Å². The summed E-state index contributed by atoms with van der Waals surface area (Å²) in [5.41, 5.74) is 19.7. The van der Waals surface area contributed by atoms with Gasteiger partial charge in [-0.15, -0.1) is 0 Å². The monoisotopic (exact) mass is 810 g/mol. The van der Waals surface area contributed by atoms with Crippen LogP contribution in [0.1, 0.15) is 0 Å².